The summed E-state index contributed by atoms with van der Waals surface area (Å²) in [6.07, 6.45) is 0.268. The molecule has 1 heterocycles. The van der Waals surface area contributed by atoms with Gasteiger partial charge in [0.1, 0.15) is 5.75 Å². The quantitative estimate of drug-likeness (QED) is 0.629. The molecule has 0 bridgehead atoms. The van der Waals surface area contributed by atoms with Crippen LogP contribution >= 0.6 is 23.1 Å². The molecular formula is C15H18N2O2S2. The van der Waals surface area contributed by atoms with Gasteiger partial charge in [0, 0.05) is 10.6 Å². The Morgan fingerprint density at radius 2 is 2.24 bits per heavy atom. The van der Waals surface area contributed by atoms with E-state index in [2.05, 4.69) is 4.98 Å². The van der Waals surface area contributed by atoms with Gasteiger partial charge in [-0.05, 0) is 31.5 Å². The topological polar surface area (TPSA) is 65.2 Å². The Balaban J connectivity index is 1.79. The molecule has 1 aromatic heterocycles. The first kappa shape index (κ1) is 15.9. The number of aromatic nitrogens is 1. The molecule has 0 saturated heterocycles. The van der Waals surface area contributed by atoms with Gasteiger partial charge in [0.25, 0.3) is 0 Å². The Hall–Kier alpha value is -1.53. The van der Waals surface area contributed by atoms with Crippen LogP contribution in [-0.2, 0) is 11.2 Å². The van der Waals surface area contributed by atoms with E-state index in [0.717, 1.165) is 26.4 Å². The van der Waals surface area contributed by atoms with Crippen molar-refractivity contribution in [3.8, 4) is 5.75 Å². The standard InChI is InChI=1S/C15H18N2O2S2/c1-10-4-3-5-12(8-10)19-6-7-20-15-17-11(2)13(21-15)9-14(16)18/h3-5,8H,6-7,9H2,1-2H3,(H2,16,18). The maximum absolute atomic E-state index is 10.9. The van der Waals surface area contributed by atoms with E-state index in [1.165, 1.54) is 16.9 Å². The number of nitrogens with zero attached hydrogens (tertiary/aromatic N) is 1. The van der Waals surface area contributed by atoms with Crippen LogP contribution < -0.4 is 10.5 Å². The van der Waals surface area contributed by atoms with Crippen molar-refractivity contribution in [2.24, 2.45) is 5.73 Å². The highest BCUT2D eigenvalue weighted by molar-refractivity contribution is 8.01. The maximum Gasteiger partial charge on any atom is 0.222 e. The van der Waals surface area contributed by atoms with Crippen molar-refractivity contribution in [2.45, 2.75) is 24.6 Å². The number of primary amides is 1. The Morgan fingerprint density at radius 1 is 1.43 bits per heavy atom. The number of hydrogen-bond acceptors (Lipinski definition) is 5. The summed E-state index contributed by atoms with van der Waals surface area (Å²) < 4.78 is 6.65. The van der Waals surface area contributed by atoms with Gasteiger partial charge >= 0.3 is 0 Å². The van der Waals surface area contributed by atoms with E-state index in [1.54, 1.807) is 11.8 Å². The Labute approximate surface area is 132 Å². The van der Waals surface area contributed by atoms with E-state index >= 15 is 0 Å². The third-order valence-corrected chi connectivity index (χ3v) is 5.04. The summed E-state index contributed by atoms with van der Waals surface area (Å²) in [5.41, 5.74) is 7.29. The predicted octanol–water partition coefficient (Wildman–Crippen LogP) is 2.96. The van der Waals surface area contributed by atoms with Gasteiger partial charge in [0.05, 0.1) is 18.7 Å². The van der Waals surface area contributed by atoms with Gasteiger partial charge in [0.15, 0.2) is 4.34 Å². The monoisotopic (exact) mass is 322 g/mol. The molecule has 0 atom stereocenters. The number of thioether (sulfide) groups is 1. The lowest BCUT2D eigenvalue weighted by molar-refractivity contribution is -0.117. The lowest BCUT2D eigenvalue weighted by Gasteiger charge is -2.05. The fourth-order valence-corrected chi connectivity index (χ4v) is 3.91. The fourth-order valence-electron chi connectivity index (χ4n) is 1.78. The first-order valence-electron chi connectivity index (χ1n) is 6.61. The third-order valence-electron chi connectivity index (χ3n) is 2.77. The van der Waals surface area contributed by atoms with Crippen LogP contribution in [-0.4, -0.2) is 23.3 Å². The Bertz CT molecular complexity index is 626. The van der Waals surface area contributed by atoms with Crippen molar-refractivity contribution in [1.29, 1.82) is 0 Å². The Kier molecular flexibility index (Phi) is 5.64. The number of aryl methyl sites for hydroxylation is 2. The van der Waals surface area contributed by atoms with E-state index in [4.69, 9.17) is 10.5 Å². The molecule has 0 aliphatic heterocycles. The molecule has 4 nitrogen and oxygen atoms in total. The third kappa shape index (κ3) is 5.06. The van der Waals surface area contributed by atoms with Crippen molar-refractivity contribution >= 4 is 29.0 Å². The highest BCUT2D eigenvalue weighted by Gasteiger charge is 2.10. The van der Waals surface area contributed by atoms with Gasteiger partial charge < -0.3 is 10.5 Å². The maximum atomic E-state index is 10.9. The smallest absolute Gasteiger partial charge is 0.222 e. The minimum absolute atomic E-state index is 0.268. The molecule has 112 valence electrons. The lowest BCUT2D eigenvalue weighted by atomic mass is 10.2. The van der Waals surface area contributed by atoms with E-state index in [9.17, 15) is 4.79 Å². The van der Waals surface area contributed by atoms with E-state index in [1.807, 2.05) is 38.1 Å². The first-order chi connectivity index (χ1) is 10.0. The van der Waals surface area contributed by atoms with Crippen LogP contribution in [0.3, 0.4) is 0 Å². The van der Waals surface area contributed by atoms with Crippen LogP contribution in [0.1, 0.15) is 16.1 Å². The second kappa shape index (κ2) is 7.47. The van der Waals surface area contributed by atoms with Crippen LogP contribution in [0.2, 0.25) is 0 Å². The number of nitrogens with two attached hydrogens (primary N) is 1. The average Bonchev–Trinajstić information content (AvgIpc) is 2.75. The van der Waals surface area contributed by atoms with Crippen LogP contribution in [0, 0.1) is 13.8 Å². The predicted molar refractivity (Wildman–Crippen MR) is 87.1 cm³/mol. The molecule has 0 aliphatic rings. The van der Waals surface area contributed by atoms with Gasteiger partial charge in [-0.2, -0.15) is 0 Å². The summed E-state index contributed by atoms with van der Waals surface area (Å²) in [5.74, 6) is 1.39. The molecule has 2 N–H and O–H groups in total. The number of thiazole rings is 1. The minimum Gasteiger partial charge on any atom is -0.493 e. The molecule has 0 aliphatic carbocycles. The van der Waals surface area contributed by atoms with Gasteiger partial charge in [-0.15, -0.1) is 11.3 Å². The molecule has 1 amide bonds. The number of hydrogen-bond donors (Lipinski definition) is 1. The zero-order valence-electron chi connectivity index (χ0n) is 12.1. The Morgan fingerprint density at radius 3 is 2.95 bits per heavy atom. The molecule has 0 radical (unpaired) electrons. The van der Waals surface area contributed by atoms with Crippen LogP contribution in [0.5, 0.6) is 5.75 Å². The van der Waals surface area contributed by atoms with Gasteiger partial charge in [-0.1, -0.05) is 23.9 Å². The van der Waals surface area contributed by atoms with Gasteiger partial charge in [0.2, 0.25) is 5.91 Å². The van der Waals surface area contributed by atoms with Crippen molar-refractivity contribution in [3.63, 3.8) is 0 Å². The van der Waals surface area contributed by atoms with E-state index in [0.29, 0.717) is 6.61 Å². The number of carbonyl (C=O) groups excluding carboxylic acids is 1. The molecule has 2 aromatic rings. The second-order valence-electron chi connectivity index (χ2n) is 4.64. The highest BCUT2D eigenvalue weighted by atomic mass is 32.2. The number of benzene rings is 1. The van der Waals surface area contributed by atoms with Crippen molar-refractivity contribution in [3.05, 3.63) is 40.4 Å². The SMILES string of the molecule is Cc1cccc(OCCSc2nc(C)c(CC(N)=O)s2)c1. The number of carbonyl (C=O) groups is 1. The molecule has 0 fully saturated rings. The fraction of sp³-hybridized carbons (Fsp3) is 0.333. The summed E-state index contributed by atoms with van der Waals surface area (Å²) in [5, 5.41) is 0. The number of ether oxygens (including phenoxy) is 1. The molecule has 0 saturated carbocycles. The average molecular weight is 322 g/mol. The molecule has 0 spiro atoms. The zero-order chi connectivity index (χ0) is 15.2. The molecular weight excluding hydrogens is 304 g/mol. The van der Waals surface area contributed by atoms with E-state index in [-0.39, 0.29) is 12.3 Å². The zero-order valence-corrected chi connectivity index (χ0v) is 13.7. The molecule has 1 aromatic carbocycles. The molecule has 2 rings (SSSR count). The van der Waals surface area contributed by atoms with Crippen LogP contribution in [0.4, 0.5) is 0 Å². The minimum atomic E-state index is -0.318. The molecule has 0 unspecified atom stereocenters. The van der Waals surface area contributed by atoms with Crippen molar-refractivity contribution in [1.82, 2.24) is 4.98 Å². The van der Waals surface area contributed by atoms with Gasteiger partial charge in [-0.25, -0.2) is 4.98 Å². The lowest BCUT2D eigenvalue weighted by Crippen LogP contribution is -2.13. The van der Waals surface area contributed by atoms with Crippen molar-refractivity contribution in [2.75, 3.05) is 12.4 Å². The summed E-state index contributed by atoms with van der Waals surface area (Å²) in [4.78, 5) is 16.3. The van der Waals surface area contributed by atoms with Gasteiger partial charge in [-0.3, -0.25) is 4.79 Å². The summed E-state index contributed by atoms with van der Waals surface area (Å²) in [7, 11) is 0. The summed E-state index contributed by atoms with van der Waals surface area (Å²) >= 11 is 3.17. The largest absolute Gasteiger partial charge is 0.493 e. The number of rotatable bonds is 7. The summed E-state index contributed by atoms with van der Waals surface area (Å²) in [6.45, 7) is 4.57. The van der Waals surface area contributed by atoms with Crippen LogP contribution in [0.15, 0.2) is 28.6 Å². The number of amides is 1. The normalized spacial score (nSPS) is 10.6. The highest BCUT2D eigenvalue weighted by Crippen LogP contribution is 2.27. The second-order valence-corrected chi connectivity index (χ2v) is 7.07. The van der Waals surface area contributed by atoms with Crippen LogP contribution in [0.25, 0.3) is 0 Å². The summed E-state index contributed by atoms with van der Waals surface area (Å²) in [6, 6.07) is 8.00. The van der Waals surface area contributed by atoms with E-state index < -0.39 is 0 Å². The first-order valence-corrected chi connectivity index (χ1v) is 8.41. The molecule has 21 heavy (non-hydrogen) atoms. The van der Waals surface area contributed by atoms with Crippen molar-refractivity contribution < 1.29 is 9.53 Å². The molecule has 6 heteroatoms.